The summed E-state index contributed by atoms with van der Waals surface area (Å²) in [6.07, 6.45) is 16.6. The van der Waals surface area contributed by atoms with E-state index in [1.54, 1.807) is 0 Å². The first-order chi connectivity index (χ1) is 8.22. The summed E-state index contributed by atoms with van der Waals surface area (Å²) in [7, 11) is 0. The molecule has 103 valence electrons. The Kier molecular flexibility index (Phi) is 12.5. The van der Waals surface area contributed by atoms with Crippen molar-refractivity contribution in [2.24, 2.45) is 11.8 Å². The largest absolute Gasteiger partial charge is 0.0654 e. The minimum absolute atomic E-state index is 0.836. The van der Waals surface area contributed by atoms with Crippen LogP contribution in [0, 0.1) is 18.3 Å². The fourth-order valence-corrected chi connectivity index (χ4v) is 2.42. The van der Waals surface area contributed by atoms with Gasteiger partial charge in [-0.05, 0) is 31.1 Å². The Balaban J connectivity index is 3.49. The fraction of sp³-hybridized carbons (Fsp3) is 0.941. The Hall–Kier alpha value is 0. The third-order valence-electron chi connectivity index (χ3n) is 3.77. The molecule has 17 heavy (non-hydrogen) atoms. The van der Waals surface area contributed by atoms with Crippen molar-refractivity contribution in [1.82, 2.24) is 0 Å². The molecule has 0 saturated heterocycles. The zero-order valence-corrected chi connectivity index (χ0v) is 12.8. The Morgan fingerprint density at radius 3 is 1.94 bits per heavy atom. The summed E-state index contributed by atoms with van der Waals surface area (Å²) in [6.45, 7) is 9.33. The van der Waals surface area contributed by atoms with Gasteiger partial charge < -0.3 is 0 Å². The summed E-state index contributed by atoms with van der Waals surface area (Å²) in [5.41, 5.74) is 0. The molecule has 0 heteroatoms. The minimum Gasteiger partial charge on any atom is -0.0654 e. The van der Waals surface area contributed by atoms with Gasteiger partial charge in [-0.25, -0.2) is 0 Å². The predicted molar refractivity (Wildman–Crippen MR) is 80.1 cm³/mol. The van der Waals surface area contributed by atoms with Crippen molar-refractivity contribution in [3.63, 3.8) is 0 Å². The van der Waals surface area contributed by atoms with Gasteiger partial charge in [-0.3, -0.25) is 0 Å². The van der Waals surface area contributed by atoms with Crippen LogP contribution in [0.15, 0.2) is 0 Å². The molecule has 1 radical (unpaired) electrons. The van der Waals surface area contributed by atoms with Gasteiger partial charge in [0.2, 0.25) is 0 Å². The van der Waals surface area contributed by atoms with E-state index in [9.17, 15) is 0 Å². The highest BCUT2D eigenvalue weighted by molar-refractivity contribution is 4.78. The van der Waals surface area contributed by atoms with Crippen LogP contribution in [0.1, 0.15) is 91.9 Å². The number of rotatable bonds is 12. The maximum absolute atomic E-state index is 2.60. The highest BCUT2D eigenvalue weighted by Gasteiger charge is 2.12. The van der Waals surface area contributed by atoms with E-state index in [0.717, 1.165) is 11.8 Å². The molecule has 1 unspecified atom stereocenters. The normalized spacial score (nSPS) is 13.2. The van der Waals surface area contributed by atoms with Crippen LogP contribution < -0.4 is 0 Å². The molecule has 0 aliphatic rings. The molecule has 0 aromatic heterocycles. The lowest BCUT2D eigenvalue weighted by atomic mass is 9.86. The van der Waals surface area contributed by atoms with E-state index in [2.05, 4.69) is 34.1 Å². The molecule has 0 aliphatic heterocycles. The second-order valence-electron chi connectivity index (χ2n) is 5.84. The first-order valence-electron chi connectivity index (χ1n) is 8.05. The van der Waals surface area contributed by atoms with E-state index < -0.39 is 0 Å². The summed E-state index contributed by atoms with van der Waals surface area (Å²) >= 11 is 0. The minimum atomic E-state index is 0.836. The van der Waals surface area contributed by atoms with E-state index in [1.807, 2.05) is 0 Å². The molecule has 0 heterocycles. The number of hydrogen-bond donors (Lipinski definition) is 0. The molecule has 0 fully saturated rings. The third kappa shape index (κ3) is 10.9. The second-order valence-corrected chi connectivity index (χ2v) is 5.84. The molecule has 0 aromatic carbocycles. The molecule has 1 atom stereocenters. The smallest absolute Gasteiger partial charge is 0.0352 e. The molecule has 0 amide bonds. The van der Waals surface area contributed by atoms with E-state index in [1.165, 1.54) is 64.2 Å². The predicted octanol–water partition coefficient (Wildman–Crippen LogP) is 6.40. The second kappa shape index (κ2) is 12.5. The van der Waals surface area contributed by atoms with E-state index >= 15 is 0 Å². The van der Waals surface area contributed by atoms with Gasteiger partial charge in [0.25, 0.3) is 0 Å². The van der Waals surface area contributed by atoms with Crippen molar-refractivity contribution < 1.29 is 0 Å². The van der Waals surface area contributed by atoms with Crippen molar-refractivity contribution in [3.05, 3.63) is 6.42 Å². The maximum atomic E-state index is 2.60. The van der Waals surface area contributed by atoms with Gasteiger partial charge in [0.1, 0.15) is 0 Å². The standard InChI is InChI=1S/C17H35/c1-5-7-9-10-11-13-15-17(16(3)4)14-12-8-6-2/h14,16-17H,5-13,15H2,1-4H3. The highest BCUT2D eigenvalue weighted by Crippen LogP contribution is 2.24. The van der Waals surface area contributed by atoms with E-state index in [4.69, 9.17) is 0 Å². The lowest BCUT2D eigenvalue weighted by Gasteiger charge is -2.20. The first-order valence-corrected chi connectivity index (χ1v) is 8.05. The van der Waals surface area contributed by atoms with Gasteiger partial charge in [0, 0.05) is 0 Å². The summed E-state index contributed by atoms with van der Waals surface area (Å²) in [6, 6.07) is 0. The summed E-state index contributed by atoms with van der Waals surface area (Å²) in [5, 5.41) is 0. The molecule has 0 saturated carbocycles. The third-order valence-corrected chi connectivity index (χ3v) is 3.77. The fourth-order valence-electron chi connectivity index (χ4n) is 2.42. The Morgan fingerprint density at radius 1 is 0.765 bits per heavy atom. The molecule has 0 bridgehead atoms. The molecule has 0 aromatic rings. The van der Waals surface area contributed by atoms with Crippen molar-refractivity contribution in [3.8, 4) is 0 Å². The van der Waals surface area contributed by atoms with Crippen molar-refractivity contribution in [1.29, 1.82) is 0 Å². The quantitative estimate of drug-likeness (QED) is 0.345. The summed E-state index contributed by atoms with van der Waals surface area (Å²) in [4.78, 5) is 0. The lowest BCUT2D eigenvalue weighted by Crippen LogP contribution is -2.09. The van der Waals surface area contributed by atoms with Gasteiger partial charge in [0.15, 0.2) is 0 Å². The van der Waals surface area contributed by atoms with Crippen LogP contribution in [0.4, 0.5) is 0 Å². The van der Waals surface area contributed by atoms with Crippen molar-refractivity contribution in [2.45, 2.75) is 91.9 Å². The van der Waals surface area contributed by atoms with Gasteiger partial charge in [-0.1, -0.05) is 79.1 Å². The zero-order chi connectivity index (χ0) is 12.9. The Labute approximate surface area is 111 Å². The van der Waals surface area contributed by atoms with Crippen molar-refractivity contribution in [2.75, 3.05) is 0 Å². The first kappa shape index (κ1) is 17.0. The molecule has 0 nitrogen and oxygen atoms in total. The lowest BCUT2D eigenvalue weighted by molar-refractivity contribution is 0.378. The van der Waals surface area contributed by atoms with E-state index in [-0.39, 0.29) is 0 Å². The molecule has 0 rings (SSSR count). The SMILES string of the molecule is CCCC[CH]C(CCCCCCCC)C(C)C. The molecular formula is C17H35. The molecule has 0 N–H and O–H groups in total. The Bertz CT molecular complexity index is 137. The zero-order valence-electron chi connectivity index (χ0n) is 12.8. The maximum Gasteiger partial charge on any atom is -0.0352 e. The van der Waals surface area contributed by atoms with Gasteiger partial charge in [0.05, 0.1) is 0 Å². The molecule has 0 aliphatic carbocycles. The van der Waals surface area contributed by atoms with Crippen LogP contribution in [0.3, 0.4) is 0 Å². The average molecular weight is 239 g/mol. The summed E-state index contributed by atoms with van der Waals surface area (Å²) in [5.74, 6) is 1.70. The Morgan fingerprint density at radius 2 is 1.35 bits per heavy atom. The average Bonchev–Trinajstić information content (AvgIpc) is 2.31. The highest BCUT2D eigenvalue weighted by atomic mass is 14.2. The molecular weight excluding hydrogens is 204 g/mol. The van der Waals surface area contributed by atoms with Crippen LogP contribution in [-0.2, 0) is 0 Å². The van der Waals surface area contributed by atoms with Crippen molar-refractivity contribution >= 4 is 0 Å². The van der Waals surface area contributed by atoms with Crippen LogP contribution in [0.2, 0.25) is 0 Å². The van der Waals surface area contributed by atoms with Gasteiger partial charge >= 0.3 is 0 Å². The van der Waals surface area contributed by atoms with Gasteiger partial charge in [-0.15, -0.1) is 0 Å². The topological polar surface area (TPSA) is 0 Å². The number of hydrogen-bond acceptors (Lipinski definition) is 0. The van der Waals surface area contributed by atoms with Crippen LogP contribution >= 0.6 is 0 Å². The van der Waals surface area contributed by atoms with E-state index in [0.29, 0.717) is 0 Å². The molecule has 0 spiro atoms. The number of unbranched alkanes of at least 4 members (excludes halogenated alkanes) is 7. The van der Waals surface area contributed by atoms with Crippen LogP contribution in [0.25, 0.3) is 0 Å². The van der Waals surface area contributed by atoms with Gasteiger partial charge in [-0.2, -0.15) is 0 Å². The van der Waals surface area contributed by atoms with Crippen LogP contribution in [0.5, 0.6) is 0 Å². The summed E-state index contributed by atoms with van der Waals surface area (Å²) < 4.78 is 0. The monoisotopic (exact) mass is 239 g/mol. The van der Waals surface area contributed by atoms with Crippen LogP contribution in [-0.4, -0.2) is 0 Å².